The van der Waals surface area contributed by atoms with Gasteiger partial charge in [-0.1, -0.05) is 6.08 Å². The molecular formula is C7H18ClNO. The van der Waals surface area contributed by atoms with Crippen LogP contribution >= 0.6 is 12.4 Å². The van der Waals surface area contributed by atoms with E-state index in [-0.39, 0.29) is 18.6 Å². The molecule has 0 atom stereocenters. The van der Waals surface area contributed by atoms with Crippen molar-refractivity contribution < 1.29 is 5.11 Å². The van der Waals surface area contributed by atoms with Gasteiger partial charge in [-0.3, -0.25) is 0 Å². The molecule has 2 nitrogen and oxygen atoms in total. The summed E-state index contributed by atoms with van der Waals surface area (Å²) in [7, 11) is 0. The van der Waals surface area contributed by atoms with E-state index in [1.165, 1.54) is 0 Å². The number of aliphatic hydroxyl groups is 1. The average Bonchev–Trinajstić information content (AvgIpc) is 1.59. The molecule has 0 aliphatic carbocycles. The van der Waals surface area contributed by atoms with Crippen LogP contribution in [0.2, 0.25) is 0 Å². The van der Waals surface area contributed by atoms with Crippen molar-refractivity contribution >= 4 is 12.4 Å². The molecule has 4 N–H and O–H groups in total. The fourth-order valence-corrected chi connectivity index (χ4v) is 0.455. The topological polar surface area (TPSA) is 55.2 Å². The molecule has 0 amide bonds. The second-order valence-corrected chi connectivity index (χ2v) is 2.64. The van der Waals surface area contributed by atoms with Gasteiger partial charge in [0, 0.05) is 0 Å². The summed E-state index contributed by atoms with van der Waals surface area (Å²) in [5.41, 5.74) is -0.520. The lowest BCUT2D eigenvalue weighted by atomic mass is 10.0. The molecule has 0 saturated heterocycles. The van der Waals surface area contributed by atoms with Crippen LogP contribution in [0.5, 0.6) is 0 Å². The highest BCUT2D eigenvalue weighted by Crippen LogP contribution is 2.09. The second-order valence-electron chi connectivity index (χ2n) is 2.64. The van der Waals surface area contributed by atoms with Crippen LogP contribution in [0.25, 0.3) is 0 Å². The van der Waals surface area contributed by atoms with E-state index in [4.69, 9.17) is 5.11 Å². The molecular weight excluding hydrogens is 150 g/mol. The van der Waals surface area contributed by atoms with Crippen molar-refractivity contribution in [2.75, 3.05) is 0 Å². The molecule has 0 bridgehead atoms. The Balaban J connectivity index is -0.000000245. The normalized spacial score (nSPS) is 9.10. The zero-order valence-electron chi connectivity index (χ0n) is 6.76. The van der Waals surface area contributed by atoms with Crippen molar-refractivity contribution in [3.63, 3.8) is 0 Å². The summed E-state index contributed by atoms with van der Waals surface area (Å²) >= 11 is 0. The van der Waals surface area contributed by atoms with Crippen LogP contribution in [0, 0.1) is 0 Å². The highest BCUT2D eigenvalue weighted by molar-refractivity contribution is 5.85. The Kier molecular flexibility index (Phi) is 11.7. The fraction of sp³-hybridized carbons (Fsp3) is 0.714. The summed E-state index contributed by atoms with van der Waals surface area (Å²) in [6, 6.07) is 0. The highest BCUT2D eigenvalue weighted by Gasteiger charge is 2.09. The lowest BCUT2D eigenvalue weighted by Crippen LogP contribution is -2.17. The van der Waals surface area contributed by atoms with Crippen molar-refractivity contribution in [2.45, 2.75) is 32.3 Å². The smallest absolute Gasteiger partial charge is 0.0594 e. The number of allylic oxidation sites excluding steroid dienone is 1. The monoisotopic (exact) mass is 167 g/mol. The van der Waals surface area contributed by atoms with Gasteiger partial charge in [0.1, 0.15) is 0 Å². The molecule has 0 rings (SSSR count). The van der Waals surface area contributed by atoms with Crippen molar-refractivity contribution in [1.29, 1.82) is 0 Å². The summed E-state index contributed by atoms with van der Waals surface area (Å²) in [5, 5.41) is 9.10. The zero-order chi connectivity index (χ0) is 6.62. The van der Waals surface area contributed by atoms with Gasteiger partial charge in [0.05, 0.1) is 5.60 Å². The lowest BCUT2D eigenvalue weighted by molar-refractivity contribution is 0.0722. The van der Waals surface area contributed by atoms with Crippen LogP contribution in [0.1, 0.15) is 26.7 Å². The molecule has 0 aromatic rings. The molecule has 0 aliphatic rings. The third kappa shape index (κ3) is 15.7. The maximum atomic E-state index is 9.10. The molecule has 0 spiro atoms. The Morgan fingerprint density at radius 3 is 2.00 bits per heavy atom. The Hall–Kier alpha value is -0.0500. The summed E-state index contributed by atoms with van der Waals surface area (Å²) < 4.78 is 0. The molecule has 64 valence electrons. The van der Waals surface area contributed by atoms with Crippen LogP contribution in [0.15, 0.2) is 12.7 Å². The third-order valence-electron chi connectivity index (χ3n) is 0.960. The summed E-state index contributed by atoms with van der Waals surface area (Å²) in [5.74, 6) is 0. The quantitative estimate of drug-likeness (QED) is 0.634. The molecule has 0 aliphatic heterocycles. The van der Waals surface area contributed by atoms with Crippen molar-refractivity contribution in [2.24, 2.45) is 0 Å². The van der Waals surface area contributed by atoms with E-state index in [9.17, 15) is 0 Å². The first-order valence-corrected chi connectivity index (χ1v) is 2.89. The number of hydrogen-bond acceptors (Lipinski definition) is 2. The van der Waals surface area contributed by atoms with Gasteiger partial charge in [-0.25, -0.2) is 0 Å². The summed E-state index contributed by atoms with van der Waals surface area (Å²) in [6.45, 7) is 7.16. The Labute approximate surface area is 69.3 Å². The van der Waals surface area contributed by atoms with E-state index in [0.29, 0.717) is 0 Å². The van der Waals surface area contributed by atoms with E-state index in [1.807, 2.05) is 6.08 Å². The lowest BCUT2D eigenvalue weighted by Gasteiger charge is -2.14. The summed E-state index contributed by atoms with van der Waals surface area (Å²) in [4.78, 5) is 0. The van der Waals surface area contributed by atoms with Gasteiger partial charge in [-0.2, -0.15) is 0 Å². The maximum absolute atomic E-state index is 9.10. The van der Waals surface area contributed by atoms with Crippen molar-refractivity contribution in [3.8, 4) is 0 Å². The molecule has 0 heterocycles. The van der Waals surface area contributed by atoms with Crippen LogP contribution in [0.4, 0.5) is 0 Å². The van der Waals surface area contributed by atoms with Gasteiger partial charge >= 0.3 is 0 Å². The van der Waals surface area contributed by atoms with Crippen molar-refractivity contribution in [1.82, 2.24) is 6.15 Å². The molecule has 10 heavy (non-hydrogen) atoms. The number of hydrogen-bond donors (Lipinski definition) is 2. The Bertz CT molecular complexity index is 78.2. The van der Waals surface area contributed by atoms with Crippen LogP contribution < -0.4 is 6.15 Å². The van der Waals surface area contributed by atoms with Crippen LogP contribution in [0.3, 0.4) is 0 Å². The zero-order valence-corrected chi connectivity index (χ0v) is 7.58. The fourth-order valence-electron chi connectivity index (χ4n) is 0.455. The van der Waals surface area contributed by atoms with E-state index in [0.717, 1.165) is 12.8 Å². The van der Waals surface area contributed by atoms with Gasteiger partial charge in [-0.05, 0) is 26.7 Å². The van der Waals surface area contributed by atoms with Gasteiger partial charge < -0.3 is 11.3 Å². The minimum absolute atomic E-state index is 0. The first-order chi connectivity index (χ1) is 3.56. The molecule has 0 fully saturated rings. The summed E-state index contributed by atoms with van der Waals surface area (Å²) in [6.07, 6.45) is 3.51. The van der Waals surface area contributed by atoms with E-state index in [2.05, 4.69) is 6.58 Å². The Morgan fingerprint density at radius 1 is 1.50 bits per heavy atom. The number of halogens is 1. The molecule has 3 heteroatoms. The average molecular weight is 168 g/mol. The standard InChI is InChI=1S/C7H14O.ClH.H3N/c1-4-5-6-7(2,3)8;;/h4,8H,1,5-6H2,2-3H3;1H;1H3. The van der Waals surface area contributed by atoms with Gasteiger partial charge in [-0.15, -0.1) is 19.0 Å². The maximum Gasteiger partial charge on any atom is 0.0594 e. The minimum atomic E-state index is -0.520. The predicted octanol–water partition coefficient (Wildman–Crippen LogP) is 2.31. The van der Waals surface area contributed by atoms with Gasteiger partial charge in [0.25, 0.3) is 0 Å². The molecule has 0 radical (unpaired) electrons. The Morgan fingerprint density at radius 2 is 1.90 bits per heavy atom. The third-order valence-corrected chi connectivity index (χ3v) is 0.960. The van der Waals surface area contributed by atoms with Crippen LogP contribution in [-0.4, -0.2) is 10.7 Å². The molecule has 0 aromatic heterocycles. The molecule has 0 saturated carbocycles. The minimum Gasteiger partial charge on any atom is -0.390 e. The van der Waals surface area contributed by atoms with Gasteiger partial charge in [0.15, 0.2) is 0 Å². The highest BCUT2D eigenvalue weighted by atomic mass is 35.5. The van der Waals surface area contributed by atoms with Gasteiger partial charge in [0.2, 0.25) is 0 Å². The van der Waals surface area contributed by atoms with E-state index < -0.39 is 5.60 Å². The molecule has 0 unspecified atom stereocenters. The van der Waals surface area contributed by atoms with Crippen molar-refractivity contribution in [3.05, 3.63) is 12.7 Å². The first-order valence-electron chi connectivity index (χ1n) is 2.89. The largest absolute Gasteiger partial charge is 0.390 e. The number of rotatable bonds is 3. The molecule has 0 aromatic carbocycles. The van der Waals surface area contributed by atoms with Crippen LogP contribution in [-0.2, 0) is 0 Å². The second kappa shape index (κ2) is 7.06. The SMILES string of the molecule is C=CCCC(C)(C)O.Cl.N. The first kappa shape index (κ1) is 16.5. The predicted molar refractivity (Wildman–Crippen MR) is 48.0 cm³/mol. The van der Waals surface area contributed by atoms with E-state index in [1.54, 1.807) is 13.8 Å². The van der Waals surface area contributed by atoms with E-state index >= 15 is 0 Å².